The van der Waals surface area contributed by atoms with Crippen LogP contribution < -0.4 is 4.74 Å². The number of carbonyl (C=O) groups excluding carboxylic acids is 2. The summed E-state index contributed by atoms with van der Waals surface area (Å²) in [7, 11) is 0. The summed E-state index contributed by atoms with van der Waals surface area (Å²) in [6.45, 7) is 4.14. The van der Waals surface area contributed by atoms with Gasteiger partial charge in [-0.2, -0.15) is 0 Å². The molecule has 1 heterocycles. The summed E-state index contributed by atoms with van der Waals surface area (Å²) in [5.41, 5.74) is 1.67. The van der Waals surface area contributed by atoms with Crippen molar-refractivity contribution >= 4 is 44.9 Å². The smallest absolute Gasteiger partial charge is 0.293 e. The third-order valence-electron chi connectivity index (χ3n) is 3.73. The molecule has 0 aliphatic carbocycles. The lowest BCUT2D eigenvalue weighted by molar-refractivity contribution is -0.123. The van der Waals surface area contributed by atoms with E-state index in [9.17, 15) is 9.59 Å². The monoisotopic (exact) mass is 431 g/mol. The van der Waals surface area contributed by atoms with E-state index in [-0.39, 0.29) is 23.8 Å². The van der Waals surface area contributed by atoms with E-state index < -0.39 is 0 Å². The highest BCUT2D eigenvalue weighted by molar-refractivity contribution is 9.10. The van der Waals surface area contributed by atoms with Crippen LogP contribution in [0.4, 0.5) is 4.79 Å². The number of thioether (sulfide) groups is 1. The number of hydrogen-bond acceptors (Lipinski definition) is 4. The molecule has 0 radical (unpaired) electrons. The lowest BCUT2D eigenvalue weighted by Gasteiger charge is -2.14. The van der Waals surface area contributed by atoms with E-state index in [2.05, 4.69) is 15.9 Å². The fourth-order valence-corrected chi connectivity index (χ4v) is 3.77. The second-order valence-electron chi connectivity index (χ2n) is 6.06. The molecule has 0 N–H and O–H groups in total. The first-order chi connectivity index (χ1) is 12.5. The standard InChI is InChI=1S/C20H18BrNO3S/c1-13(2)25-17-10-6-4-7-14(17)11-18-19(23)22(20(24)26-18)12-15-8-3-5-9-16(15)21/h3-11,13H,12H2,1-2H3/b18-11-. The molecule has 1 aliphatic heterocycles. The number of carbonyl (C=O) groups is 2. The van der Waals surface area contributed by atoms with Gasteiger partial charge in [0.05, 0.1) is 17.6 Å². The highest BCUT2D eigenvalue weighted by Gasteiger charge is 2.35. The molecule has 2 aromatic carbocycles. The van der Waals surface area contributed by atoms with Crippen molar-refractivity contribution < 1.29 is 14.3 Å². The van der Waals surface area contributed by atoms with Crippen LogP contribution in [0.3, 0.4) is 0 Å². The average Bonchev–Trinajstić information content (AvgIpc) is 2.85. The Morgan fingerprint density at radius 1 is 1.12 bits per heavy atom. The molecule has 0 atom stereocenters. The van der Waals surface area contributed by atoms with Gasteiger partial charge in [-0.3, -0.25) is 14.5 Å². The van der Waals surface area contributed by atoms with Crippen LogP contribution in [0.5, 0.6) is 5.75 Å². The summed E-state index contributed by atoms with van der Waals surface area (Å²) in [6, 6.07) is 15.1. The first-order valence-electron chi connectivity index (χ1n) is 8.20. The van der Waals surface area contributed by atoms with Crippen LogP contribution in [0.15, 0.2) is 57.9 Å². The minimum absolute atomic E-state index is 0.0232. The lowest BCUT2D eigenvalue weighted by atomic mass is 10.1. The number of ether oxygens (including phenoxy) is 1. The van der Waals surface area contributed by atoms with E-state index in [4.69, 9.17) is 4.74 Å². The maximum Gasteiger partial charge on any atom is 0.293 e. The summed E-state index contributed by atoms with van der Waals surface area (Å²) >= 11 is 4.41. The van der Waals surface area contributed by atoms with Gasteiger partial charge in [-0.25, -0.2) is 0 Å². The van der Waals surface area contributed by atoms with E-state index in [0.29, 0.717) is 10.7 Å². The first-order valence-corrected chi connectivity index (χ1v) is 9.81. The maximum absolute atomic E-state index is 12.7. The molecule has 0 unspecified atom stereocenters. The van der Waals surface area contributed by atoms with Gasteiger partial charge in [-0.1, -0.05) is 52.3 Å². The summed E-state index contributed by atoms with van der Waals surface area (Å²) < 4.78 is 6.66. The van der Waals surface area contributed by atoms with Crippen LogP contribution in [0, 0.1) is 0 Å². The second-order valence-corrected chi connectivity index (χ2v) is 7.91. The Balaban J connectivity index is 1.85. The number of amides is 2. The fourth-order valence-electron chi connectivity index (χ4n) is 2.54. The Hall–Kier alpha value is -2.05. The first kappa shape index (κ1) is 18.7. The molecule has 0 spiro atoms. The topological polar surface area (TPSA) is 46.6 Å². The summed E-state index contributed by atoms with van der Waals surface area (Å²) in [6.07, 6.45) is 1.75. The molecule has 3 rings (SSSR count). The van der Waals surface area contributed by atoms with E-state index in [1.54, 1.807) is 6.08 Å². The van der Waals surface area contributed by atoms with E-state index in [1.807, 2.05) is 62.4 Å². The lowest BCUT2D eigenvalue weighted by Crippen LogP contribution is -2.27. The van der Waals surface area contributed by atoms with Crippen LogP contribution in [-0.2, 0) is 11.3 Å². The quantitative estimate of drug-likeness (QED) is 0.588. The minimum Gasteiger partial charge on any atom is -0.490 e. The molecule has 0 saturated carbocycles. The molecule has 134 valence electrons. The Morgan fingerprint density at radius 3 is 2.54 bits per heavy atom. The van der Waals surface area contributed by atoms with Gasteiger partial charge in [0.2, 0.25) is 0 Å². The largest absolute Gasteiger partial charge is 0.490 e. The van der Waals surface area contributed by atoms with Gasteiger partial charge in [0, 0.05) is 10.0 Å². The molecule has 0 bridgehead atoms. The normalized spacial score (nSPS) is 16.0. The molecule has 4 nitrogen and oxygen atoms in total. The summed E-state index contributed by atoms with van der Waals surface area (Å²) in [5.74, 6) is 0.412. The molecule has 26 heavy (non-hydrogen) atoms. The van der Waals surface area contributed by atoms with Gasteiger partial charge in [0.25, 0.3) is 11.1 Å². The van der Waals surface area contributed by atoms with Crippen LogP contribution >= 0.6 is 27.7 Å². The number of benzene rings is 2. The van der Waals surface area contributed by atoms with Crippen LogP contribution in [0.25, 0.3) is 6.08 Å². The number of imide groups is 1. The van der Waals surface area contributed by atoms with Gasteiger partial charge < -0.3 is 4.74 Å². The minimum atomic E-state index is -0.282. The highest BCUT2D eigenvalue weighted by atomic mass is 79.9. The zero-order valence-electron chi connectivity index (χ0n) is 14.4. The zero-order chi connectivity index (χ0) is 18.7. The Morgan fingerprint density at radius 2 is 1.81 bits per heavy atom. The predicted molar refractivity (Wildman–Crippen MR) is 108 cm³/mol. The number of rotatable bonds is 5. The van der Waals surface area contributed by atoms with Crippen molar-refractivity contribution in [2.45, 2.75) is 26.5 Å². The van der Waals surface area contributed by atoms with Gasteiger partial charge in [-0.05, 0) is 49.4 Å². The van der Waals surface area contributed by atoms with E-state index >= 15 is 0 Å². The van der Waals surface area contributed by atoms with Gasteiger partial charge in [-0.15, -0.1) is 0 Å². The second kappa shape index (κ2) is 8.10. The van der Waals surface area contributed by atoms with Crippen molar-refractivity contribution in [3.8, 4) is 5.75 Å². The van der Waals surface area contributed by atoms with E-state index in [0.717, 1.165) is 27.4 Å². The molecule has 2 amide bonds. The van der Waals surface area contributed by atoms with Crippen LogP contribution in [0.1, 0.15) is 25.0 Å². The van der Waals surface area contributed by atoms with Gasteiger partial charge in [0.1, 0.15) is 5.75 Å². The molecular weight excluding hydrogens is 414 g/mol. The Kier molecular flexibility index (Phi) is 5.84. The van der Waals surface area contributed by atoms with Crippen molar-refractivity contribution in [1.29, 1.82) is 0 Å². The van der Waals surface area contributed by atoms with Crippen molar-refractivity contribution in [3.05, 3.63) is 69.0 Å². The third-order valence-corrected chi connectivity index (χ3v) is 5.41. The number of para-hydroxylation sites is 1. The molecule has 1 aliphatic rings. The fraction of sp³-hybridized carbons (Fsp3) is 0.200. The molecular formula is C20H18BrNO3S. The number of halogens is 1. The molecule has 0 aromatic heterocycles. The maximum atomic E-state index is 12.7. The predicted octanol–water partition coefficient (Wildman–Crippen LogP) is 5.47. The summed E-state index contributed by atoms with van der Waals surface area (Å²) in [5, 5.41) is -0.265. The number of hydrogen-bond donors (Lipinski definition) is 0. The van der Waals surface area contributed by atoms with Crippen molar-refractivity contribution in [1.82, 2.24) is 4.90 Å². The highest BCUT2D eigenvalue weighted by Crippen LogP contribution is 2.35. The van der Waals surface area contributed by atoms with E-state index in [1.165, 1.54) is 4.90 Å². The molecule has 1 saturated heterocycles. The average molecular weight is 432 g/mol. The Labute approximate surface area is 165 Å². The summed E-state index contributed by atoms with van der Waals surface area (Å²) in [4.78, 5) is 26.7. The van der Waals surface area contributed by atoms with Crippen molar-refractivity contribution in [2.75, 3.05) is 0 Å². The SMILES string of the molecule is CC(C)Oc1ccccc1/C=C1\SC(=O)N(Cc2ccccc2Br)C1=O. The zero-order valence-corrected chi connectivity index (χ0v) is 16.8. The van der Waals surface area contributed by atoms with Crippen molar-refractivity contribution in [2.24, 2.45) is 0 Å². The van der Waals surface area contributed by atoms with Gasteiger partial charge in [0.15, 0.2) is 0 Å². The van der Waals surface area contributed by atoms with Crippen molar-refractivity contribution in [3.63, 3.8) is 0 Å². The Bertz CT molecular complexity index is 879. The molecule has 6 heteroatoms. The van der Waals surface area contributed by atoms with Gasteiger partial charge >= 0.3 is 0 Å². The van der Waals surface area contributed by atoms with Crippen LogP contribution in [-0.4, -0.2) is 22.2 Å². The third kappa shape index (κ3) is 4.19. The van der Waals surface area contributed by atoms with Crippen LogP contribution in [0.2, 0.25) is 0 Å². The number of nitrogens with zero attached hydrogens (tertiary/aromatic N) is 1. The molecule has 2 aromatic rings. The molecule has 1 fully saturated rings.